The van der Waals surface area contributed by atoms with E-state index in [2.05, 4.69) is 46.9 Å². The molecule has 6 heteroatoms. The van der Waals surface area contributed by atoms with Crippen LogP contribution in [-0.2, 0) is 17.9 Å². The minimum Gasteiger partial charge on any atom is -0.357 e. The van der Waals surface area contributed by atoms with Crippen molar-refractivity contribution in [3.05, 3.63) is 51.7 Å². The van der Waals surface area contributed by atoms with Crippen LogP contribution in [0.4, 0.5) is 5.69 Å². The molecule has 27 heavy (non-hydrogen) atoms. The molecular weight excluding hydrogens is 356 g/mol. The van der Waals surface area contributed by atoms with Crippen LogP contribution in [0, 0.1) is 12.8 Å². The van der Waals surface area contributed by atoms with Gasteiger partial charge in [0.1, 0.15) is 0 Å². The number of carbonyl (C=O) groups is 1. The minimum atomic E-state index is 0.0481. The van der Waals surface area contributed by atoms with Crippen molar-refractivity contribution in [3.8, 4) is 0 Å². The van der Waals surface area contributed by atoms with E-state index in [0.29, 0.717) is 18.9 Å². The summed E-state index contributed by atoms with van der Waals surface area (Å²) in [5, 5.41) is 9.60. The Bertz CT molecular complexity index is 767. The van der Waals surface area contributed by atoms with Gasteiger partial charge in [-0.1, -0.05) is 26.0 Å². The van der Waals surface area contributed by atoms with Gasteiger partial charge in [-0.25, -0.2) is 4.99 Å². The van der Waals surface area contributed by atoms with E-state index in [4.69, 9.17) is 0 Å². The summed E-state index contributed by atoms with van der Waals surface area (Å²) in [5.41, 5.74) is 1.88. The Hall–Kier alpha value is -2.34. The van der Waals surface area contributed by atoms with Crippen molar-refractivity contribution in [2.45, 2.75) is 47.2 Å². The first-order valence-electron chi connectivity index (χ1n) is 9.42. The van der Waals surface area contributed by atoms with Gasteiger partial charge in [-0.3, -0.25) is 4.79 Å². The highest BCUT2D eigenvalue weighted by molar-refractivity contribution is 7.11. The molecule has 0 atom stereocenters. The molecule has 0 bridgehead atoms. The van der Waals surface area contributed by atoms with Crippen LogP contribution in [0.15, 0.2) is 41.4 Å². The summed E-state index contributed by atoms with van der Waals surface area (Å²) < 4.78 is 0. The zero-order valence-electron chi connectivity index (χ0n) is 16.6. The molecule has 0 aliphatic carbocycles. The number of thiophene rings is 1. The molecule has 1 amide bonds. The molecule has 0 spiro atoms. The standard InChI is InChI=1S/C21H30N4OS/c1-5-22-21(24-14-19-10-9-16(4)27-19)23-13-17-7-6-8-18(12-17)25-20(26)11-15(2)3/h6-10,12,15H,5,11,13-14H2,1-4H3,(H,25,26)(H2,22,23,24). The van der Waals surface area contributed by atoms with E-state index in [0.717, 1.165) is 30.3 Å². The van der Waals surface area contributed by atoms with Gasteiger partial charge in [-0.15, -0.1) is 11.3 Å². The number of aliphatic imine (C=N–C) groups is 1. The average molecular weight is 387 g/mol. The van der Waals surface area contributed by atoms with Gasteiger partial charge < -0.3 is 16.0 Å². The molecule has 0 aliphatic heterocycles. The summed E-state index contributed by atoms with van der Waals surface area (Å²) >= 11 is 1.79. The molecule has 0 fully saturated rings. The van der Waals surface area contributed by atoms with Crippen molar-refractivity contribution in [3.63, 3.8) is 0 Å². The highest BCUT2D eigenvalue weighted by Crippen LogP contribution is 2.15. The van der Waals surface area contributed by atoms with Crippen molar-refractivity contribution in [1.29, 1.82) is 0 Å². The second-order valence-electron chi connectivity index (χ2n) is 6.91. The van der Waals surface area contributed by atoms with Crippen molar-refractivity contribution in [2.75, 3.05) is 11.9 Å². The fraction of sp³-hybridized carbons (Fsp3) is 0.429. The number of amides is 1. The normalized spacial score (nSPS) is 11.5. The fourth-order valence-corrected chi connectivity index (χ4v) is 3.42. The van der Waals surface area contributed by atoms with Gasteiger partial charge in [0.2, 0.25) is 5.91 Å². The Labute approximate surface area is 166 Å². The van der Waals surface area contributed by atoms with Crippen LogP contribution in [0.1, 0.15) is 42.5 Å². The van der Waals surface area contributed by atoms with E-state index >= 15 is 0 Å². The van der Waals surface area contributed by atoms with Crippen LogP contribution in [0.25, 0.3) is 0 Å². The van der Waals surface area contributed by atoms with E-state index in [1.54, 1.807) is 11.3 Å². The first-order valence-corrected chi connectivity index (χ1v) is 10.2. The number of carbonyl (C=O) groups excluding carboxylic acids is 1. The first-order chi connectivity index (χ1) is 13.0. The van der Waals surface area contributed by atoms with Gasteiger partial charge in [0, 0.05) is 28.4 Å². The predicted molar refractivity (Wildman–Crippen MR) is 115 cm³/mol. The number of benzene rings is 1. The molecule has 0 saturated heterocycles. The lowest BCUT2D eigenvalue weighted by Gasteiger charge is -2.11. The van der Waals surface area contributed by atoms with Gasteiger partial charge in [-0.05, 0) is 49.6 Å². The maximum atomic E-state index is 11.9. The number of anilines is 1. The molecule has 2 rings (SSSR count). The summed E-state index contributed by atoms with van der Waals surface area (Å²) in [7, 11) is 0. The van der Waals surface area contributed by atoms with Crippen molar-refractivity contribution in [2.24, 2.45) is 10.9 Å². The summed E-state index contributed by atoms with van der Waals surface area (Å²) in [6.45, 7) is 10.4. The SMILES string of the molecule is CCNC(=NCc1cccc(NC(=O)CC(C)C)c1)NCc1ccc(C)s1. The first kappa shape index (κ1) is 21.0. The Morgan fingerprint density at radius 1 is 1.19 bits per heavy atom. The predicted octanol–water partition coefficient (Wildman–Crippen LogP) is 4.30. The summed E-state index contributed by atoms with van der Waals surface area (Å²) in [6, 6.07) is 12.1. The molecule has 0 unspecified atom stereocenters. The van der Waals surface area contributed by atoms with E-state index in [1.165, 1.54) is 9.75 Å². The Kier molecular flexibility index (Phi) is 8.33. The third kappa shape index (κ3) is 7.83. The molecule has 5 nitrogen and oxygen atoms in total. The Balaban J connectivity index is 1.95. The van der Waals surface area contributed by atoms with E-state index in [-0.39, 0.29) is 5.91 Å². The van der Waals surface area contributed by atoms with E-state index in [9.17, 15) is 4.79 Å². The number of hydrogen-bond acceptors (Lipinski definition) is 3. The zero-order chi connectivity index (χ0) is 19.6. The topological polar surface area (TPSA) is 65.5 Å². The Morgan fingerprint density at radius 3 is 2.67 bits per heavy atom. The number of nitrogens with zero attached hydrogens (tertiary/aromatic N) is 1. The minimum absolute atomic E-state index is 0.0481. The molecule has 0 radical (unpaired) electrons. The van der Waals surface area contributed by atoms with E-state index < -0.39 is 0 Å². The van der Waals surface area contributed by atoms with Gasteiger partial charge in [-0.2, -0.15) is 0 Å². The maximum absolute atomic E-state index is 11.9. The lowest BCUT2D eigenvalue weighted by molar-refractivity contribution is -0.116. The molecule has 146 valence electrons. The second-order valence-corrected chi connectivity index (χ2v) is 8.28. The molecule has 1 aromatic carbocycles. The third-order valence-electron chi connectivity index (χ3n) is 3.79. The average Bonchev–Trinajstić information content (AvgIpc) is 3.02. The van der Waals surface area contributed by atoms with Gasteiger partial charge >= 0.3 is 0 Å². The quantitative estimate of drug-likeness (QED) is 0.468. The molecule has 0 aliphatic rings. The van der Waals surface area contributed by atoms with Crippen LogP contribution in [0.2, 0.25) is 0 Å². The Morgan fingerprint density at radius 2 is 2.00 bits per heavy atom. The van der Waals surface area contributed by atoms with Gasteiger partial charge in [0.05, 0.1) is 13.1 Å². The highest BCUT2D eigenvalue weighted by atomic mass is 32.1. The molecule has 1 heterocycles. The number of hydrogen-bond donors (Lipinski definition) is 3. The summed E-state index contributed by atoms with van der Waals surface area (Å²) in [5.74, 6) is 1.18. The second kappa shape index (κ2) is 10.7. The number of aryl methyl sites for hydroxylation is 1. The number of nitrogens with one attached hydrogen (secondary N) is 3. The lowest BCUT2D eigenvalue weighted by Crippen LogP contribution is -2.36. The zero-order valence-corrected chi connectivity index (χ0v) is 17.5. The van der Waals surface area contributed by atoms with Crippen LogP contribution >= 0.6 is 11.3 Å². The van der Waals surface area contributed by atoms with Crippen molar-refractivity contribution >= 4 is 28.9 Å². The van der Waals surface area contributed by atoms with Crippen LogP contribution < -0.4 is 16.0 Å². The van der Waals surface area contributed by atoms with Crippen molar-refractivity contribution in [1.82, 2.24) is 10.6 Å². The van der Waals surface area contributed by atoms with Crippen LogP contribution in [0.5, 0.6) is 0 Å². The van der Waals surface area contributed by atoms with Crippen molar-refractivity contribution < 1.29 is 4.79 Å². The number of rotatable bonds is 8. The summed E-state index contributed by atoms with van der Waals surface area (Å²) in [6.07, 6.45) is 0.527. The van der Waals surface area contributed by atoms with Gasteiger partial charge in [0.25, 0.3) is 0 Å². The molecule has 0 saturated carbocycles. The fourth-order valence-electron chi connectivity index (χ4n) is 2.59. The third-order valence-corrected chi connectivity index (χ3v) is 4.80. The number of guanidine groups is 1. The molecular formula is C21H30N4OS. The smallest absolute Gasteiger partial charge is 0.224 e. The molecule has 1 aromatic heterocycles. The van der Waals surface area contributed by atoms with Crippen LogP contribution in [-0.4, -0.2) is 18.4 Å². The maximum Gasteiger partial charge on any atom is 0.224 e. The molecule has 2 aromatic rings. The largest absolute Gasteiger partial charge is 0.357 e. The molecule has 3 N–H and O–H groups in total. The summed E-state index contributed by atoms with van der Waals surface area (Å²) in [4.78, 5) is 19.2. The van der Waals surface area contributed by atoms with Gasteiger partial charge in [0.15, 0.2) is 5.96 Å². The monoisotopic (exact) mass is 386 g/mol. The lowest BCUT2D eigenvalue weighted by atomic mass is 10.1. The van der Waals surface area contributed by atoms with E-state index in [1.807, 2.05) is 38.1 Å². The highest BCUT2D eigenvalue weighted by Gasteiger charge is 2.06. The van der Waals surface area contributed by atoms with Crippen LogP contribution in [0.3, 0.4) is 0 Å².